The molecule has 1 aromatic heterocycles. The molecule has 0 fully saturated rings. The van der Waals surface area contributed by atoms with Crippen LogP contribution in [0.15, 0.2) is 23.3 Å². The third kappa shape index (κ3) is 3.55. The average molecular weight is 209 g/mol. The highest BCUT2D eigenvalue weighted by Gasteiger charge is 2.07. The molecule has 0 unspecified atom stereocenters. The van der Waals surface area contributed by atoms with Crippen LogP contribution in [0.5, 0.6) is 0 Å². The number of rotatable bonds is 5. The molecule has 5 heteroatoms. The topological polar surface area (TPSA) is 74.0 Å². The zero-order chi connectivity index (χ0) is 11.1. The van der Waals surface area contributed by atoms with Crippen LogP contribution in [-0.4, -0.2) is 30.5 Å². The lowest BCUT2D eigenvalue weighted by molar-refractivity contribution is 0.0952. The molecule has 0 aliphatic rings. The first kappa shape index (κ1) is 11.5. The van der Waals surface area contributed by atoms with Crippen molar-refractivity contribution in [1.29, 1.82) is 0 Å². The molecule has 0 radical (unpaired) electrons. The Labute approximate surface area is 87.9 Å². The number of pyridine rings is 1. The van der Waals surface area contributed by atoms with E-state index in [9.17, 15) is 9.59 Å². The quantitative estimate of drug-likeness (QED) is 0.584. The maximum Gasteiger partial charge on any atom is 0.256 e. The Kier molecular flexibility index (Phi) is 4.56. The lowest BCUT2D eigenvalue weighted by Crippen LogP contribution is -2.34. The first-order valence-corrected chi connectivity index (χ1v) is 4.91. The summed E-state index contributed by atoms with van der Waals surface area (Å²) in [5.74, 6) is -0.338. The number of carbonyl (C=O) groups excluding carboxylic acids is 1. The summed E-state index contributed by atoms with van der Waals surface area (Å²) in [6.07, 6.45) is 2.91. The van der Waals surface area contributed by atoms with Gasteiger partial charge in [-0.3, -0.25) is 9.59 Å². The number of hydrogen-bond donors (Lipinski definition) is 3. The Balaban J connectivity index is 2.48. The number of amides is 1. The normalized spacial score (nSPS) is 9.93. The van der Waals surface area contributed by atoms with Crippen molar-refractivity contribution in [2.45, 2.75) is 6.92 Å². The number of H-pyrrole nitrogens is 1. The predicted octanol–water partition coefficient (Wildman–Crippen LogP) is -0.286. The van der Waals surface area contributed by atoms with Crippen molar-refractivity contribution < 1.29 is 4.79 Å². The van der Waals surface area contributed by atoms with Gasteiger partial charge in [0, 0.05) is 31.5 Å². The number of aromatic nitrogens is 1. The molecule has 1 aromatic rings. The molecule has 0 bridgehead atoms. The van der Waals surface area contributed by atoms with Gasteiger partial charge < -0.3 is 15.6 Å². The molecule has 0 spiro atoms. The van der Waals surface area contributed by atoms with Crippen molar-refractivity contribution >= 4 is 5.91 Å². The van der Waals surface area contributed by atoms with Gasteiger partial charge in [-0.1, -0.05) is 6.92 Å². The molecule has 0 aliphatic heterocycles. The summed E-state index contributed by atoms with van der Waals surface area (Å²) in [7, 11) is 0. The molecule has 1 heterocycles. The zero-order valence-corrected chi connectivity index (χ0v) is 8.67. The van der Waals surface area contributed by atoms with Crippen LogP contribution < -0.4 is 16.1 Å². The van der Waals surface area contributed by atoms with Crippen molar-refractivity contribution in [3.8, 4) is 0 Å². The van der Waals surface area contributed by atoms with E-state index in [1.54, 1.807) is 0 Å². The lowest BCUT2D eigenvalue weighted by atomic mass is 10.2. The van der Waals surface area contributed by atoms with Crippen molar-refractivity contribution in [3.05, 3.63) is 34.2 Å². The number of aromatic amines is 1. The second-order valence-electron chi connectivity index (χ2n) is 3.03. The average Bonchev–Trinajstić information content (AvgIpc) is 2.25. The summed E-state index contributed by atoms with van der Waals surface area (Å²) in [5, 5.41) is 5.72. The first-order valence-electron chi connectivity index (χ1n) is 4.91. The van der Waals surface area contributed by atoms with Gasteiger partial charge >= 0.3 is 0 Å². The van der Waals surface area contributed by atoms with Crippen LogP contribution in [0.3, 0.4) is 0 Å². The van der Waals surface area contributed by atoms with E-state index in [-0.39, 0.29) is 16.9 Å². The Bertz CT molecular complexity index is 373. The third-order valence-electron chi connectivity index (χ3n) is 1.91. The molecule has 5 nitrogen and oxygen atoms in total. The molecule has 3 N–H and O–H groups in total. The van der Waals surface area contributed by atoms with E-state index in [2.05, 4.69) is 15.6 Å². The van der Waals surface area contributed by atoms with Gasteiger partial charge in [0.2, 0.25) is 0 Å². The number of likely N-dealkylation sites (N-methyl/N-ethyl adjacent to an activating group) is 1. The molecule has 15 heavy (non-hydrogen) atoms. The SMILES string of the molecule is CCNCCNC(=O)c1c[nH]ccc1=O. The third-order valence-corrected chi connectivity index (χ3v) is 1.91. The molecule has 0 saturated heterocycles. The van der Waals surface area contributed by atoms with Crippen LogP contribution in [0.1, 0.15) is 17.3 Å². The van der Waals surface area contributed by atoms with E-state index < -0.39 is 0 Å². The summed E-state index contributed by atoms with van der Waals surface area (Å²) in [6.45, 7) is 4.07. The van der Waals surface area contributed by atoms with Crippen LogP contribution >= 0.6 is 0 Å². The summed E-state index contributed by atoms with van der Waals surface area (Å²) in [5.41, 5.74) is -0.122. The van der Waals surface area contributed by atoms with E-state index >= 15 is 0 Å². The predicted molar refractivity (Wildman–Crippen MR) is 57.9 cm³/mol. The molecule has 1 amide bonds. The molecular formula is C10H15N3O2. The van der Waals surface area contributed by atoms with Crippen molar-refractivity contribution in [2.24, 2.45) is 0 Å². The van der Waals surface area contributed by atoms with E-state index in [0.717, 1.165) is 6.54 Å². The minimum Gasteiger partial charge on any atom is -0.367 e. The van der Waals surface area contributed by atoms with Gasteiger partial charge in [0.1, 0.15) is 5.56 Å². The first-order chi connectivity index (χ1) is 7.25. The highest BCUT2D eigenvalue weighted by atomic mass is 16.2. The minimum absolute atomic E-state index is 0.147. The van der Waals surface area contributed by atoms with Gasteiger partial charge in [-0.05, 0) is 6.54 Å². The van der Waals surface area contributed by atoms with E-state index in [1.807, 2.05) is 6.92 Å². The molecule has 82 valence electrons. The lowest BCUT2D eigenvalue weighted by Gasteiger charge is -2.04. The number of carbonyl (C=O) groups is 1. The highest BCUT2D eigenvalue weighted by molar-refractivity contribution is 5.93. The largest absolute Gasteiger partial charge is 0.367 e. The van der Waals surface area contributed by atoms with Crippen LogP contribution in [0, 0.1) is 0 Å². The van der Waals surface area contributed by atoms with Crippen molar-refractivity contribution in [2.75, 3.05) is 19.6 Å². The second kappa shape index (κ2) is 5.98. The van der Waals surface area contributed by atoms with Crippen molar-refractivity contribution in [1.82, 2.24) is 15.6 Å². The summed E-state index contributed by atoms with van der Waals surface area (Å²) < 4.78 is 0. The molecule has 0 saturated carbocycles. The van der Waals surface area contributed by atoms with E-state index in [1.165, 1.54) is 18.5 Å². The molecule has 1 rings (SSSR count). The van der Waals surface area contributed by atoms with Gasteiger partial charge in [-0.25, -0.2) is 0 Å². The summed E-state index contributed by atoms with van der Waals surface area (Å²) >= 11 is 0. The van der Waals surface area contributed by atoms with Gasteiger partial charge in [0.25, 0.3) is 5.91 Å². The smallest absolute Gasteiger partial charge is 0.256 e. The molecule has 0 atom stereocenters. The Morgan fingerprint density at radius 2 is 2.27 bits per heavy atom. The van der Waals surface area contributed by atoms with Crippen LogP contribution in [0.2, 0.25) is 0 Å². The van der Waals surface area contributed by atoms with Crippen molar-refractivity contribution in [3.63, 3.8) is 0 Å². The monoisotopic (exact) mass is 209 g/mol. The molecule has 0 aliphatic carbocycles. The fourth-order valence-corrected chi connectivity index (χ4v) is 1.13. The Hall–Kier alpha value is -1.62. The molecular weight excluding hydrogens is 194 g/mol. The maximum absolute atomic E-state index is 11.5. The fraction of sp³-hybridized carbons (Fsp3) is 0.400. The highest BCUT2D eigenvalue weighted by Crippen LogP contribution is 1.86. The summed E-state index contributed by atoms with van der Waals surface area (Å²) in [4.78, 5) is 25.4. The number of nitrogens with one attached hydrogen (secondary N) is 3. The minimum atomic E-state index is -0.338. The van der Waals surface area contributed by atoms with Crippen LogP contribution in [0.25, 0.3) is 0 Å². The maximum atomic E-state index is 11.5. The van der Waals surface area contributed by atoms with E-state index in [0.29, 0.717) is 13.1 Å². The Morgan fingerprint density at radius 3 is 2.93 bits per heavy atom. The van der Waals surface area contributed by atoms with Gasteiger partial charge in [0.15, 0.2) is 5.43 Å². The van der Waals surface area contributed by atoms with Gasteiger partial charge in [-0.2, -0.15) is 0 Å². The number of hydrogen-bond acceptors (Lipinski definition) is 3. The Morgan fingerprint density at radius 1 is 1.47 bits per heavy atom. The zero-order valence-electron chi connectivity index (χ0n) is 8.67. The van der Waals surface area contributed by atoms with Gasteiger partial charge in [0.05, 0.1) is 0 Å². The summed E-state index contributed by atoms with van der Waals surface area (Å²) in [6, 6.07) is 1.33. The van der Waals surface area contributed by atoms with Gasteiger partial charge in [-0.15, -0.1) is 0 Å². The molecule has 0 aromatic carbocycles. The standard InChI is InChI=1S/C10H15N3O2/c1-2-11-5-6-13-10(15)8-7-12-4-3-9(8)14/h3-4,7,11H,2,5-6H2,1H3,(H,12,14)(H,13,15). The second-order valence-corrected chi connectivity index (χ2v) is 3.03. The van der Waals surface area contributed by atoms with Crippen LogP contribution in [0.4, 0.5) is 0 Å². The van der Waals surface area contributed by atoms with Crippen LogP contribution in [-0.2, 0) is 0 Å². The van der Waals surface area contributed by atoms with E-state index in [4.69, 9.17) is 0 Å². The fourth-order valence-electron chi connectivity index (χ4n) is 1.13.